The van der Waals surface area contributed by atoms with E-state index in [1.54, 1.807) is 0 Å². The van der Waals surface area contributed by atoms with E-state index in [4.69, 9.17) is 10.5 Å². The van der Waals surface area contributed by atoms with E-state index in [0.29, 0.717) is 12.5 Å². The molecular weight excluding hydrogens is 381 g/mol. The third kappa shape index (κ3) is 5.14. The van der Waals surface area contributed by atoms with Gasteiger partial charge < -0.3 is 15.8 Å². The van der Waals surface area contributed by atoms with Crippen molar-refractivity contribution in [3.63, 3.8) is 0 Å². The molecule has 0 saturated heterocycles. The maximum atomic E-state index is 13.0. The average molecular weight is 407 g/mol. The summed E-state index contributed by atoms with van der Waals surface area (Å²) in [7, 11) is 0. The largest absolute Gasteiger partial charge is 0.457 e. The zero-order chi connectivity index (χ0) is 21.5. The number of carbonyl (C=O) groups is 1. The molecule has 3 N–H and O–H groups in total. The highest BCUT2D eigenvalue weighted by Crippen LogP contribution is 2.34. The molecule has 1 heterocycles. The van der Waals surface area contributed by atoms with Crippen LogP contribution in [0.25, 0.3) is 0 Å². The van der Waals surface area contributed by atoms with Gasteiger partial charge in [-0.1, -0.05) is 44.2 Å². The van der Waals surface area contributed by atoms with Gasteiger partial charge in [-0.15, -0.1) is 0 Å². The van der Waals surface area contributed by atoms with Crippen LogP contribution >= 0.6 is 0 Å². The van der Waals surface area contributed by atoms with E-state index in [1.165, 1.54) is 11.6 Å². The van der Waals surface area contributed by atoms with Crippen LogP contribution in [0.5, 0.6) is 11.5 Å². The molecular formula is C24H26FN3O2. The molecule has 30 heavy (non-hydrogen) atoms. The minimum absolute atomic E-state index is 0.132. The number of halogens is 1. The lowest BCUT2D eigenvalue weighted by atomic mass is 9.93. The fourth-order valence-electron chi connectivity index (χ4n) is 3.36. The summed E-state index contributed by atoms with van der Waals surface area (Å²) in [5.74, 6) is 0.809. The van der Waals surface area contributed by atoms with Gasteiger partial charge >= 0.3 is 0 Å². The minimum atomic E-state index is -0.717. The molecule has 0 atom stereocenters. The predicted molar refractivity (Wildman–Crippen MR) is 116 cm³/mol. The molecule has 0 unspecified atom stereocenters. The molecule has 0 bridgehead atoms. The summed E-state index contributed by atoms with van der Waals surface area (Å²) in [5.41, 5.74) is 7.87. The third-order valence-corrected chi connectivity index (χ3v) is 5.08. The van der Waals surface area contributed by atoms with Crippen LogP contribution in [0.2, 0.25) is 0 Å². The lowest BCUT2D eigenvalue weighted by Gasteiger charge is -2.18. The van der Waals surface area contributed by atoms with Gasteiger partial charge in [0.05, 0.1) is 5.56 Å². The number of amides is 1. The minimum Gasteiger partial charge on any atom is -0.457 e. The van der Waals surface area contributed by atoms with E-state index in [2.05, 4.69) is 30.2 Å². The Balaban J connectivity index is 1.64. The van der Waals surface area contributed by atoms with Crippen LogP contribution in [-0.4, -0.2) is 10.9 Å². The fraction of sp³-hybridized carbons (Fsp3) is 0.250. The third-order valence-electron chi connectivity index (χ3n) is 5.08. The number of nitrogen functional groups attached to an aromatic ring is 1. The average Bonchev–Trinajstić information content (AvgIpc) is 2.75. The number of carbonyl (C=O) groups excluding carboxylic acids is 1. The molecule has 1 aromatic heterocycles. The zero-order valence-electron chi connectivity index (χ0n) is 17.2. The molecule has 0 fully saturated rings. The molecule has 3 rings (SSSR count). The monoisotopic (exact) mass is 407 g/mol. The number of benzene rings is 2. The van der Waals surface area contributed by atoms with Gasteiger partial charge in [-0.25, -0.2) is 4.98 Å². The van der Waals surface area contributed by atoms with Crippen molar-refractivity contribution < 1.29 is 13.9 Å². The van der Waals surface area contributed by atoms with Crippen molar-refractivity contribution in [3.05, 3.63) is 83.3 Å². The van der Waals surface area contributed by atoms with Crippen molar-refractivity contribution in [3.8, 4) is 11.5 Å². The van der Waals surface area contributed by atoms with E-state index in [-0.39, 0.29) is 11.4 Å². The zero-order valence-corrected chi connectivity index (χ0v) is 17.2. The molecule has 0 aliphatic heterocycles. The Hall–Kier alpha value is -3.41. The van der Waals surface area contributed by atoms with Gasteiger partial charge in [-0.3, -0.25) is 4.79 Å². The van der Waals surface area contributed by atoms with Crippen molar-refractivity contribution >= 4 is 11.7 Å². The second kappa shape index (κ2) is 9.87. The number of aromatic nitrogens is 1. The first-order valence-corrected chi connectivity index (χ1v) is 10.1. The van der Waals surface area contributed by atoms with Crippen molar-refractivity contribution in [1.82, 2.24) is 10.3 Å². The summed E-state index contributed by atoms with van der Waals surface area (Å²) in [6, 6.07) is 18.1. The number of para-hydroxylation sites is 1. The lowest BCUT2D eigenvalue weighted by Crippen LogP contribution is -2.24. The molecule has 156 valence electrons. The van der Waals surface area contributed by atoms with E-state index < -0.39 is 11.9 Å². The molecule has 0 radical (unpaired) electrons. The van der Waals surface area contributed by atoms with Gasteiger partial charge in [0, 0.05) is 6.54 Å². The van der Waals surface area contributed by atoms with E-state index >= 15 is 0 Å². The number of anilines is 1. The quantitative estimate of drug-likeness (QED) is 0.488. The molecule has 5 nitrogen and oxygen atoms in total. The van der Waals surface area contributed by atoms with Gasteiger partial charge in [-0.05, 0) is 60.2 Å². The standard InChI is InChI=1S/C24H26FN3O2/c1-3-17(4-2)19-7-5-6-8-21(19)30-18-11-9-16(10-12-18)15-27-24(29)20-13-14-22(25)28-23(20)26/h5-14,17H,3-4,15H2,1-2H3,(H2,26,28)(H,27,29). The van der Waals surface area contributed by atoms with Crippen LogP contribution in [0, 0.1) is 5.95 Å². The Morgan fingerprint density at radius 2 is 1.77 bits per heavy atom. The van der Waals surface area contributed by atoms with Gasteiger partial charge in [-0.2, -0.15) is 4.39 Å². The smallest absolute Gasteiger partial charge is 0.255 e. The second-order valence-corrected chi connectivity index (χ2v) is 7.05. The second-order valence-electron chi connectivity index (χ2n) is 7.05. The molecule has 0 aliphatic carbocycles. The number of ether oxygens (including phenoxy) is 1. The number of nitrogens with one attached hydrogen (secondary N) is 1. The van der Waals surface area contributed by atoms with Gasteiger partial charge in [0.1, 0.15) is 17.3 Å². The molecule has 1 amide bonds. The lowest BCUT2D eigenvalue weighted by molar-refractivity contribution is 0.0951. The van der Waals surface area contributed by atoms with Gasteiger partial charge in [0.15, 0.2) is 0 Å². The van der Waals surface area contributed by atoms with Crippen LogP contribution in [0.4, 0.5) is 10.2 Å². The van der Waals surface area contributed by atoms with Crippen LogP contribution in [-0.2, 0) is 6.54 Å². The maximum Gasteiger partial charge on any atom is 0.255 e. The summed E-state index contributed by atoms with van der Waals surface area (Å²) < 4.78 is 19.2. The van der Waals surface area contributed by atoms with Crippen LogP contribution in [0.3, 0.4) is 0 Å². The van der Waals surface area contributed by atoms with E-state index in [1.807, 2.05) is 42.5 Å². The van der Waals surface area contributed by atoms with Gasteiger partial charge in [0.25, 0.3) is 5.91 Å². The number of nitrogens with two attached hydrogens (primary N) is 1. The Morgan fingerprint density at radius 1 is 1.07 bits per heavy atom. The Bertz CT molecular complexity index is 1000. The Kier molecular flexibility index (Phi) is 7.01. The molecule has 0 spiro atoms. The van der Waals surface area contributed by atoms with Crippen molar-refractivity contribution in [2.75, 3.05) is 5.73 Å². The van der Waals surface area contributed by atoms with Crippen molar-refractivity contribution in [2.45, 2.75) is 39.2 Å². The predicted octanol–water partition coefficient (Wildman–Crippen LogP) is 5.43. The number of nitrogens with zero attached hydrogens (tertiary/aromatic N) is 1. The Labute approximate surface area is 176 Å². The Morgan fingerprint density at radius 3 is 2.43 bits per heavy atom. The first-order chi connectivity index (χ1) is 14.5. The van der Waals surface area contributed by atoms with E-state index in [0.717, 1.165) is 36.0 Å². The topological polar surface area (TPSA) is 77.2 Å². The van der Waals surface area contributed by atoms with Gasteiger partial charge in [0.2, 0.25) is 5.95 Å². The fourth-order valence-corrected chi connectivity index (χ4v) is 3.36. The molecule has 6 heteroatoms. The molecule has 0 aliphatic rings. The number of hydrogen-bond donors (Lipinski definition) is 2. The number of hydrogen-bond acceptors (Lipinski definition) is 4. The molecule has 3 aromatic rings. The first-order valence-electron chi connectivity index (χ1n) is 10.1. The summed E-state index contributed by atoms with van der Waals surface area (Å²) >= 11 is 0. The first kappa shape index (κ1) is 21.3. The molecule has 2 aromatic carbocycles. The highest BCUT2D eigenvalue weighted by atomic mass is 19.1. The van der Waals surface area contributed by atoms with Crippen LogP contribution < -0.4 is 15.8 Å². The summed E-state index contributed by atoms with van der Waals surface area (Å²) in [6.45, 7) is 4.67. The van der Waals surface area contributed by atoms with E-state index in [9.17, 15) is 9.18 Å². The number of rotatable bonds is 8. The number of pyridine rings is 1. The summed E-state index contributed by atoms with van der Waals surface area (Å²) in [5, 5.41) is 2.76. The van der Waals surface area contributed by atoms with Crippen molar-refractivity contribution in [1.29, 1.82) is 0 Å². The van der Waals surface area contributed by atoms with Crippen LogP contribution in [0.1, 0.15) is 54.1 Å². The summed E-state index contributed by atoms with van der Waals surface area (Å²) in [4.78, 5) is 15.7. The molecule has 0 saturated carbocycles. The highest BCUT2D eigenvalue weighted by Gasteiger charge is 2.14. The van der Waals surface area contributed by atoms with Crippen LogP contribution in [0.15, 0.2) is 60.7 Å². The van der Waals surface area contributed by atoms with Crippen molar-refractivity contribution in [2.24, 2.45) is 0 Å². The SMILES string of the molecule is CCC(CC)c1ccccc1Oc1ccc(CNC(=O)c2ccc(F)nc2N)cc1. The summed E-state index contributed by atoms with van der Waals surface area (Å²) in [6.07, 6.45) is 2.12. The highest BCUT2D eigenvalue weighted by molar-refractivity contribution is 5.98. The maximum absolute atomic E-state index is 13.0. The normalized spacial score (nSPS) is 10.8.